The predicted molar refractivity (Wildman–Crippen MR) is 161 cm³/mol. The van der Waals surface area contributed by atoms with Crippen LogP contribution in [0.25, 0.3) is 0 Å². The van der Waals surface area contributed by atoms with Gasteiger partial charge in [-0.05, 0) is 61.4 Å². The molecule has 0 bridgehead atoms. The van der Waals surface area contributed by atoms with Gasteiger partial charge in [-0.1, -0.05) is 44.9 Å². The van der Waals surface area contributed by atoms with Gasteiger partial charge in [0.1, 0.15) is 5.75 Å². The van der Waals surface area contributed by atoms with Gasteiger partial charge in [0.05, 0.1) is 26.7 Å². The molecule has 4 rings (SSSR count). The quantitative estimate of drug-likeness (QED) is 0.283. The van der Waals surface area contributed by atoms with Crippen molar-refractivity contribution in [1.82, 2.24) is 9.80 Å². The number of fused-ring (bicyclic) bond motifs is 1. The van der Waals surface area contributed by atoms with Gasteiger partial charge in [0.15, 0.2) is 11.5 Å². The second kappa shape index (κ2) is 15.1. The number of hydrogen-bond acceptors (Lipinski definition) is 7. The van der Waals surface area contributed by atoms with E-state index in [0.717, 1.165) is 68.5 Å². The van der Waals surface area contributed by atoms with Crippen molar-refractivity contribution < 1.29 is 33.6 Å². The number of hydrogen-bond donors (Lipinski definition) is 1. The largest absolute Gasteiger partial charge is 0.496 e. The molecule has 0 saturated carbocycles. The van der Waals surface area contributed by atoms with Crippen LogP contribution in [0.2, 0.25) is 0 Å². The van der Waals surface area contributed by atoms with Gasteiger partial charge < -0.3 is 29.0 Å². The van der Waals surface area contributed by atoms with Crippen LogP contribution in [0.3, 0.4) is 0 Å². The molecule has 1 amide bonds. The molecule has 0 aromatic heterocycles. The number of amides is 1. The van der Waals surface area contributed by atoms with Gasteiger partial charge in [-0.3, -0.25) is 14.5 Å². The Hall–Kier alpha value is -3.46. The number of ether oxygens (including phenoxy) is 4. The molecule has 3 atom stereocenters. The van der Waals surface area contributed by atoms with Gasteiger partial charge in [0.25, 0.3) is 0 Å². The Morgan fingerprint density at radius 3 is 2.38 bits per heavy atom. The summed E-state index contributed by atoms with van der Waals surface area (Å²) in [6.07, 6.45) is 6.11. The topological polar surface area (TPSA) is 97.8 Å². The van der Waals surface area contributed by atoms with Crippen LogP contribution < -0.4 is 18.9 Å². The van der Waals surface area contributed by atoms with Gasteiger partial charge >= 0.3 is 5.97 Å². The van der Waals surface area contributed by atoms with Crippen LogP contribution in [0.5, 0.6) is 23.0 Å². The fourth-order valence-electron chi connectivity index (χ4n) is 6.30. The first kappa shape index (κ1) is 31.5. The van der Waals surface area contributed by atoms with Crippen molar-refractivity contribution in [1.29, 1.82) is 0 Å². The summed E-state index contributed by atoms with van der Waals surface area (Å²) >= 11 is 0. The molecular weight excluding hydrogens is 536 g/mol. The fraction of sp³-hybridized carbons (Fsp3) is 0.576. The Morgan fingerprint density at radius 1 is 1.00 bits per heavy atom. The molecule has 230 valence electrons. The predicted octanol–water partition coefficient (Wildman–Crippen LogP) is 5.35. The summed E-state index contributed by atoms with van der Waals surface area (Å²) in [6.45, 7) is 6.47. The molecule has 42 heavy (non-hydrogen) atoms. The lowest BCUT2D eigenvalue weighted by Crippen LogP contribution is -2.44. The van der Waals surface area contributed by atoms with Gasteiger partial charge in [-0.15, -0.1) is 0 Å². The van der Waals surface area contributed by atoms with E-state index in [9.17, 15) is 14.7 Å². The van der Waals surface area contributed by atoms with Crippen molar-refractivity contribution in [3.05, 3.63) is 47.5 Å². The van der Waals surface area contributed by atoms with Crippen LogP contribution >= 0.6 is 0 Å². The second-order valence-corrected chi connectivity index (χ2v) is 11.2. The summed E-state index contributed by atoms with van der Waals surface area (Å²) in [7, 11) is 3.23. The van der Waals surface area contributed by atoms with E-state index >= 15 is 0 Å². The van der Waals surface area contributed by atoms with Gasteiger partial charge in [0, 0.05) is 31.6 Å². The van der Waals surface area contributed by atoms with Crippen molar-refractivity contribution in [3.8, 4) is 23.0 Å². The number of carboxylic acids is 1. The molecule has 2 heterocycles. The van der Waals surface area contributed by atoms with Crippen LogP contribution in [0.15, 0.2) is 36.4 Å². The van der Waals surface area contributed by atoms with E-state index in [1.165, 1.54) is 0 Å². The average Bonchev–Trinajstić information content (AvgIpc) is 3.62. The van der Waals surface area contributed by atoms with E-state index in [2.05, 4.69) is 18.7 Å². The Morgan fingerprint density at radius 2 is 1.71 bits per heavy atom. The number of aryl methyl sites for hydroxylation is 1. The number of unbranched alkanes of at least 4 members (excludes halogenated alkanes) is 2. The standard InChI is InChI=1S/C33H46N2O7/c1-5-7-16-34(17-8-6-2)30(36)21-35-20-25(24-18-28(40-4)32-29(19-24)41-22-42-32)31(33(37)38)26(35)14-11-13-23-12-9-10-15-27(23)39-3/h9-10,12,15,18-19,25-26,31H,5-8,11,13-14,16-17,20-22H2,1-4H3,(H,37,38)/t25-,26+,31-/m1/s1. The molecule has 9 nitrogen and oxygen atoms in total. The summed E-state index contributed by atoms with van der Waals surface area (Å²) in [6, 6.07) is 11.4. The normalized spacial score (nSPS) is 19.6. The number of aliphatic carboxylic acids is 1. The van der Waals surface area contributed by atoms with Crippen LogP contribution in [-0.4, -0.2) is 80.0 Å². The minimum absolute atomic E-state index is 0.0692. The number of benzene rings is 2. The van der Waals surface area contributed by atoms with Crippen LogP contribution in [0.4, 0.5) is 0 Å². The third-order valence-corrected chi connectivity index (χ3v) is 8.54. The first-order chi connectivity index (χ1) is 20.4. The third-order valence-electron chi connectivity index (χ3n) is 8.54. The minimum Gasteiger partial charge on any atom is -0.496 e. The zero-order chi connectivity index (χ0) is 30.1. The molecule has 0 unspecified atom stereocenters. The highest BCUT2D eigenvalue weighted by Gasteiger charge is 2.47. The number of methoxy groups -OCH3 is 2. The van der Waals surface area contributed by atoms with Crippen molar-refractivity contribution >= 4 is 11.9 Å². The lowest BCUT2D eigenvalue weighted by molar-refractivity contribution is -0.143. The van der Waals surface area contributed by atoms with Crippen LogP contribution in [-0.2, 0) is 16.0 Å². The number of carbonyl (C=O) groups is 2. The van der Waals surface area contributed by atoms with E-state index in [-0.39, 0.29) is 31.2 Å². The first-order valence-corrected chi connectivity index (χ1v) is 15.3. The van der Waals surface area contributed by atoms with E-state index in [4.69, 9.17) is 18.9 Å². The Kier molecular flexibility index (Phi) is 11.3. The summed E-state index contributed by atoms with van der Waals surface area (Å²) in [5.74, 6) is 0.627. The highest BCUT2D eigenvalue weighted by Crippen LogP contribution is 2.47. The smallest absolute Gasteiger partial charge is 0.308 e. The number of carbonyl (C=O) groups excluding carboxylic acids is 1. The molecule has 0 radical (unpaired) electrons. The Bertz CT molecular complexity index is 1190. The Balaban J connectivity index is 1.61. The minimum atomic E-state index is -0.859. The SMILES string of the molecule is CCCCN(CCCC)C(=O)CN1C[C@H](c2cc(OC)c3c(c2)OCO3)[C@@H](C(=O)O)[C@@H]1CCCc1ccccc1OC. The molecule has 9 heteroatoms. The molecule has 2 aromatic rings. The van der Waals surface area contributed by atoms with Crippen molar-refractivity contribution in [2.75, 3.05) is 47.2 Å². The molecule has 0 aliphatic carbocycles. The number of para-hydroxylation sites is 1. The first-order valence-electron chi connectivity index (χ1n) is 15.3. The van der Waals surface area contributed by atoms with E-state index in [1.807, 2.05) is 41.3 Å². The Labute approximate surface area is 249 Å². The summed E-state index contributed by atoms with van der Waals surface area (Å²) in [5.41, 5.74) is 1.91. The van der Waals surface area contributed by atoms with Crippen LogP contribution in [0, 0.1) is 5.92 Å². The zero-order valence-electron chi connectivity index (χ0n) is 25.5. The highest BCUT2D eigenvalue weighted by molar-refractivity contribution is 5.79. The van der Waals surface area contributed by atoms with E-state index in [1.54, 1.807) is 14.2 Å². The zero-order valence-corrected chi connectivity index (χ0v) is 25.5. The lowest BCUT2D eigenvalue weighted by Gasteiger charge is -2.30. The maximum atomic E-state index is 13.7. The molecule has 2 aromatic carbocycles. The number of nitrogens with zero attached hydrogens (tertiary/aromatic N) is 2. The highest BCUT2D eigenvalue weighted by atomic mass is 16.7. The number of likely N-dealkylation sites (tertiary alicyclic amines) is 1. The third kappa shape index (κ3) is 7.30. The van der Waals surface area contributed by atoms with Crippen molar-refractivity contribution in [2.24, 2.45) is 5.92 Å². The molecule has 1 fully saturated rings. The molecule has 2 aliphatic rings. The van der Waals surface area contributed by atoms with Gasteiger partial charge in [-0.2, -0.15) is 0 Å². The molecular formula is C33H46N2O7. The molecule has 1 N–H and O–H groups in total. The van der Waals surface area contributed by atoms with E-state index in [0.29, 0.717) is 30.2 Å². The maximum Gasteiger partial charge on any atom is 0.308 e. The van der Waals surface area contributed by atoms with Gasteiger partial charge in [0.2, 0.25) is 18.4 Å². The summed E-state index contributed by atoms with van der Waals surface area (Å²) in [5, 5.41) is 10.6. The van der Waals surface area contributed by atoms with Gasteiger partial charge in [-0.25, -0.2) is 0 Å². The summed E-state index contributed by atoms with van der Waals surface area (Å²) in [4.78, 5) is 30.7. The van der Waals surface area contributed by atoms with Crippen LogP contribution in [0.1, 0.15) is 69.4 Å². The van der Waals surface area contributed by atoms with Crippen molar-refractivity contribution in [2.45, 2.75) is 70.8 Å². The fourth-order valence-corrected chi connectivity index (χ4v) is 6.30. The monoisotopic (exact) mass is 582 g/mol. The molecule has 1 saturated heterocycles. The summed E-state index contributed by atoms with van der Waals surface area (Å²) < 4.78 is 22.4. The number of carboxylic acid groups (broad SMARTS) is 1. The maximum absolute atomic E-state index is 13.7. The molecule has 0 spiro atoms. The van der Waals surface area contributed by atoms with E-state index < -0.39 is 11.9 Å². The van der Waals surface area contributed by atoms with Crippen molar-refractivity contribution in [3.63, 3.8) is 0 Å². The lowest BCUT2D eigenvalue weighted by atomic mass is 9.83. The molecule has 2 aliphatic heterocycles. The average molecular weight is 583 g/mol. The second-order valence-electron chi connectivity index (χ2n) is 11.2. The number of rotatable bonds is 16.